The number of aryl methyl sites for hydroxylation is 2. The Kier molecular flexibility index (Phi) is 5.10. The molecule has 32 heavy (non-hydrogen) atoms. The van der Waals surface area contributed by atoms with Gasteiger partial charge in [0.2, 0.25) is 0 Å². The highest BCUT2D eigenvalue weighted by Crippen LogP contribution is 2.58. The van der Waals surface area contributed by atoms with Gasteiger partial charge in [0.1, 0.15) is 22.6 Å². The Bertz CT molecular complexity index is 1040. The maximum absolute atomic E-state index is 15.1. The molecule has 0 radical (unpaired) electrons. The number of hydrogen-bond acceptors (Lipinski definition) is 5. The molecule has 6 rings (SSSR count). The van der Waals surface area contributed by atoms with E-state index in [1.807, 2.05) is 30.3 Å². The lowest BCUT2D eigenvalue weighted by Crippen LogP contribution is -2.57. The quantitative estimate of drug-likeness (QED) is 0.474. The van der Waals surface area contributed by atoms with E-state index < -0.39 is 16.6 Å². The number of anilines is 1. The third kappa shape index (κ3) is 3.72. The molecule has 8 heteroatoms. The normalized spacial score (nSPS) is 30.3. The lowest BCUT2D eigenvalue weighted by Gasteiger charge is -2.57. The number of hydrogen-bond donors (Lipinski definition) is 2. The molecule has 0 amide bonds. The number of carboxylic acid groups (broad SMARTS) is 1. The largest absolute Gasteiger partial charge is 0.478 e. The van der Waals surface area contributed by atoms with Crippen molar-refractivity contribution in [2.45, 2.75) is 56.7 Å². The molecule has 0 saturated heterocycles. The average molecular weight is 439 g/mol. The van der Waals surface area contributed by atoms with Crippen LogP contribution in [0.1, 0.15) is 53.7 Å². The van der Waals surface area contributed by atoms with Gasteiger partial charge in [-0.1, -0.05) is 30.3 Å². The molecule has 0 spiro atoms. The molecule has 1 aromatic heterocycles. The van der Waals surface area contributed by atoms with Gasteiger partial charge in [-0.05, 0) is 61.8 Å². The van der Waals surface area contributed by atoms with Crippen molar-refractivity contribution in [3.05, 3.63) is 63.5 Å². The molecule has 168 valence electrons. The van der Waals surface area contributed by atoms with Crippen LogP contribution in [0, 0.1) is 27.9 Å². The molecule has 2 aromatic rings. The van der Waals surface area contributed by atoms with Gasteiger partial charge < -0.3 is 10.4 Å². The molecule has 7 nitrogen and oxygen atoms in total. The number of carboxylic acids is 1. The Morgan fingerprint density at radius 2 is 1.88 bits per heavy atom. The van der Waals surface area contributed by atoms with Crippen molar-refractivity contribution in [3.63, 3.8) is 0 Å². The number of aromatic nitrogens is 1. The van der Waals surface area contributed by atoms with Crippen molar-refractivity contribution in [2.75, 3.05) is 5.32 Å². The van der Waals surface area contributed by atoms with Crippen LogP contribution in [-0.4, -0.2) is 32.7 Å². The fourth-order valence-electron chi connectivity index (χ4n) is 6.46. The predicted octanol–water partition coefficient (Wildman–Crippen LogP) is 4.80. The van der Waals surface area contributed by atoms with Gasteiger partial charge in [-0.25, -0.2) is 9.18 Å². The number of carbonyl (C=O) groups is 1. The number of rotatable bonds is 7. The molecular weight excluding hydrogens is 413 g/mol. The number of alkyl halides is 1. The summed E-state index contributed by atoms with van der Waals surface area (Å²) in [6.07, 6.45) is 5.38. The number of nitro groups is 1. The Morgan fingerprint density at radius 1 is 1.19 bits per heavy atom. The number of halogens is 1. The highest BCUT2D eigenvalue weighted by atomic mass is 19.1. The average Bonchev–Trinajstić information content (AvgIpc) is 2.73. The first kappa shape index (κ1) is 20.8. The molecule has 2 N–H and O–H groups in total. The van der Waals surface area contributed by atoms with E-state index in [0.29, 0.717) is 38.0 Å². The van der Waals surface area contributed by atoms with Crippen LogP contribution < -0.4 is 5.32 Å². The Labute approximate surface area is 185 Å². The van der Waals surface area contributed by atoms with Crippen molar-refractivity contribution >= 4 is 17.3 Å². The topological polar surface area (TPSA) is 105 Å². The highest BCUT2D eigenvalue weighted by Gasteiger charge is 2.56. The van der Waals surface area contributed by atoms with Gasteiger partial charge in [-0.2, -0.15) is 0 Å². The molecule has 2 unspecified atom stereocenters. The number of aromatic carboxylic acids is 1. The SMILES string of the molecule is O=C(O)c1cnc(CCc2ccccc2)c([N+](=O)[O-])c1NC1C2CC3CC1CC(F)(C3)C2. The monoisotopic (exact) mass is 439 g/mol. The minimum atomic E-state index is -1.26. The number of nitrogens with one attached hydrogen (secondary N) is 1. The molecule has 4 saturated carbocycles. The van der Waals surface area contributed by atoms with E-state index >= 15 is 4.39 Å². The lowest BCUT2D eigenvalue weighted by molar-refractivity contribution is -0.385. The van der Waals surface area contributed by atoms with Gasteiger partial charge in [0.05, 0.1) is 4.92 Å². The molecule has 1 heterocycles. The summed E-state index contributed by atoms with van der Waals surface area (Å²) in [5.41, 5.74) is -0.304. The van der Waals surface area contributed by atoms with Gasteiger partial charge in [0, 0.05) is 18.7 Å². The van der Waals surface area contributed by atoms with Crippen LogP contribution >= 0.6 is 0 Å². The predicted molar refractivity (Wildman–Crippen MR) is 117 cm³/mol. The van der Waals surface area contributed by atoms with Gasteiger partial charge in [0.15, 0.2) is 0 Å². The highest BCUT2D eigenvalue weighted by molar-refractivity contribution is 5.96. The first-order valence-corrected chi connectivity index (χ1v) is 11.2. The number of pyridine rings is 1. The van der Waals surface area contributed by atoms with Crippen molar-refractivity contribution in [1.82, 2.24) is 4.98 Å². The second kappa shape index (κ2) is 7.83. The molecular formula is C24H26FN3O4. The summed E-state index contributed by atoms with van der Waals surface area (Å²) >= 11 is 0. The molecule has 4 bridgehead atoms. The smallest absolute Gasteiger partial charge is 0.339 e. The van der Waals surface area contributed by atoms with E-state index in [1.54, 1.807) is 0 Å². The molecule has 4 fully saturated rings. The van der Waals surface area contributed by atoms with E-state index in [-0.39, 0.29) is 40.5 Å². The van der Waals surface area contributed by atoms with Crippen LogP contribution in [0.5, 0.6) is 0 Å². The van der Waals surface area contributed by atoms with E-state index in [0.717, 1.165) is 18.4 Å². The summed E-state index contributed by atoms with van der Waals surface area (Å²) in [5.74, 6) is -0.770. The first-order valence-electron chi connectivity index (χ1n) is 11.2. The minimum absolute atomic E-state index is 0.0194. The van der Waals surface area contributed by atoms with E-state index in [4.69, 9.17) is 0 Å². The van der Waals surface area contributed by atoms with Crippen LogP contribution in [0.25, 0.3) is 0 Å². The van der Waals surface area contributed by atoms with Crippen LogP contribution in [0.3, 0.4) is 0 Å². The van der Waals surface area contributed by atoms with Crippen LogP contribution in [0.15, 0.2) is 36.5 Å². The zero-order chi connectivity index (χ0) is 22.5. The fourth-order valence-corrected chi connectivity index (χ4v) is 6.46. The Morgan fingerprint density at radius 3 is 2.47 bits per heavy atom. The summed E-state index contributed by atoms with van der Waals surface area (Å²) in [6, 6.07) is 9.44. The Hall–Kier alpha value is -3.03. The van der Waals surface area contributed by atoms with Gasteiger partial charge >= 0.3 is 11.7 Å². The van der Waals surface area contributed by atoms with Crippen molar-refractivity contribution in [2.24, 2.45) is 17.8 Å². The third-order valence-corrected chi connectivity index (χ3v) is 7.54. The Balaban J connectivity index is 1.48. The lowest BCUT2D eigenvalue weighted by atomic mass is 9.53. The van der Waals surface area contributed by atoms with E-state index in [9.17, 15) is 20.0 Å². The van der Waals surface area contributed by atoms with Crippen LogP contribution in [0.2, 0.25) is 0 Å². The van der Waals surface area contributed by atoms with Gasteiger partial charge in [0.25, 0.3) is 0 Å². The van der Waals surface area contributed by atoms with Gasteiger partial charge in [-0.15, -0.1) is 0 Å². The van der Waals surface area contributed by atoms with Crippen molar-refractivity contribution in [3.8, 4) is 0 Å². The molecule has 0 aliphatic heterocycles. The maximum Gasteiger partial charge on any atom is 0.339 e. The van der Waals surface area contributed by atoms with Gasteiger partial charge in [-0.3, -0.25) is 15.1 Å². The summed E-state index contributed by atoms with van der Waals surface area (Å²) < 4.78 is 15.1. The summed E-state index contributed by atoms with van der Waals surface area (Å²) in [5, 5.41) is 25.1. The summed E-state index contributed by atoms with van der Waals surface area (Å²) in [4.78, 5) is 27.7. The standard InChI is InChI=1S/C24H26FN3O4/c25-24-10-15-8-16(11-24)20(17(9-15)12-24)27-21-18(23(29)30)13-26-19(22(21)28(31)32)7-6-14-4-2-1-3-5-14/h1-5,13,15-17,20H,6-12H2,(H,26,27)(H,29,30). The minimum Gasteiger partial charge on any atom is -0.478 e. The zero-order valence-corrected chi connectivity index (χ0v) is 17.7. The number of benzene rings is 1. The molecule has 4 aliphatic carbocycles. The third-order valence-electron chi connectivity index (χ3n) is 7.54. The van der Waals surface area contributed by atoms with Crippen LogP contribution in [-0.2, 0) is 12.8 Å². The maximum atomic E-state index is 15.1. The zero-order valence-electron chi connectivity index (χ0n) is 17.7. The van der Waals surface area contributed by atoms with E-state index in [2.05, 4.69) is 10.3 Å². The number of nitrogens with zero attached hydrogens (tertiary/aromatic N) is 2. The fraction of sp³-hybridized carbons (Fsp3) is 0.500. The summed E-state index contributed by atoms with van der Waals surface area (Å²) in [6.45, 7) is 0. The summed E-state index contributed by atoms with van der Waals surface area (Å²) in [7, 11) is 0. The molecule has 4 aliphatic rings. The second-order valence-corrected chi connectivity index (χ2v) is 9.68. The first-order chi connectivity index (χ1) is 15.3. The molecule has 1 aromatic carbocycles. The van der Waals surface area contributed by atoms with Crippen molar-refractivity contribution in [1.29, 1.82) is 0 Å². The van der Waals surface area contributed by atoms with E-state index in [1.165, 1.54) is 6.20 Å². The van der Waals surface area contributed by atoms with Crippen LogP contribution in [0.4, 0.5) is 15.8 Å². The molecule has 2 atom stereocenters. The second-order valence-electron chi connectivity index (χ2n) is 9.68. The van der Waals surface area contributed by atoms with Crippen molar-refractivity contribution < 1.29 is 19.2 Å².